The molecule has 3 fully saturated rings. The molecule has 0 bridgehead atoms. The van der Waals surface area contributed by atoms with Gasteiger partial charge in [-0.15, -0.1) is 0 Å². The number of hydrogen-bond donors (Lipinski definition) is 2. The summed E-state index contributed by atoms with van der Waals surface area (Å²) in [5.74, 6) is -0.802. The van der Waals surface area contributed by atoms with E-state index in [9.17, 15) is 15.0 Å². The highest BCUT2D eigenvalue weighted by molar-refractivity contribution is 5.74. The van der Waals surface area contributed by atoms with Crippen LogP contribution >= 0.6 is 0 Å². The van der Waals surface area contributed by atoms with E-state index in [1.165, 1.54) is 12.8 Å². The standard InChI is InChI=1S/C14H23NO4/c16-11-7-12(13(17)18)15(9-11)10-3-6-19-14(8-10)4-1-2-5-14/h10-12,16H,1-9H2,(H,17,18). The largest absolute Gasteiger partial charge is 0.480 e. The van der Waals surface area contributed by atoms with E-state index < -0.39 is 18.1 Å². The molecule has 2 N–H and O–H groups in total. The van der Waals surface area contributed by atoms with Crippen LogP contribution in [0, 0.1) is 0 Å². The summed E-state index contributed by atoms with van der Waals surface area (Å²) in [4.78, 5) is 13.3. The number of carbonyl (C=O) groups is 1. The number of hydrogen-bond acceptors (Lipinski definition) is 4. The molecule has 0 amide bonds. The van der Waals surface area contributed by atoms with Crippen molar-refractivity contribution in [3.8, 4) is 0 Å². The van der Waals surface area contributed by atoms with Gasteiger partial charge in [0.15, 0.2) is 0 Å². The van der Waals surface area contributed by atoms with E-state index in [0.29, 0.717) is 13.0 Å². The lowest BCUT2D eigenvalue weighted by Crippen LogP contribution is -2.51. The van der Waals surface area contributed by atoms with Crippen LogP contribution in [0.25, 0.3) is 0 Å². The Morgan fingerprint density at radius 3 is 2.74 bits per heavy atom. The molecule has 5 heteroatoms. The third-order valence-electron chi connectivity index (χ3n) is 5.05. The molecular formula is C14H23NO4. The van der Waals surface area contributed by atoms with Gasteiger partial charge in [0.05, 0.1) is 11.7 Å². The van der Waals surface area contributed by atoms with Crippen molar-refractivity contribution in [3.05, 3.63) is 0 Å². The molecule has 0 aromatic rings. The van der Waals surface area contributed by atoms with Gasteiger partial charge in [-0.25, -0.2) is 0 Å². The Hall–Kier alpha value is -0.650. The second kappa shape index (κ2) is 5.04. The fourth-order valence-electron chi connectivity index (χ4n) is 4.14. The van der Waals surface area contributed by atoms with Crippen LogP contribution in [0.15, 0.2) is 0 Å². The summed E-state index contributed by atoms with van der Waals surface area (Å²) >= 11 is 0. The van der Waals surface area contributed by atoms with Crippen LogP contribution in [-0.2, 0) is 9.53 Å². The summed E-state index contributed by atoms with van der Waals surface area (Å²) in [6.07, 6.45) is 6.34. The Kier molecular flexibility index (Phi) is 3.53. The molecule has 3 unspecified atom stereocenters. The van der Waals surface area contributed by atoms with Crippen LogP contribution in [0.2, 0.25) is 0 Å². The van der Waals surface area contributed by atoms with Gasteiger partial charge in [-0.1, -0.05) is 12.8 Å². The van der Waals surface area contributed by atoms with E-state index in [-0.39, 0.29) is 11.6 Å². The first-order chi connectivity index (χ1) is 9.10. The van der Waals surface area contributed by atoms with E-state index in [1.807, 2.05) is 4.90 Å². The molecule has 1 aliphatic carbocycles. The van der Waals surface area contributed by atoms with Crippen molar-refractivity contribution in [2.75, 3.05) is 13.2 Å². The van der Waals surface area contributed by atoms with Gasteiger partial charge >= 0.3 is 5.97 Å². The zero-order valence-corrected chi connectivity index (χ0v) is 11.3. The van der Waals surface area contributed by atoms with Crippen molar-refractivity contribution < 1.29 is 19.7 Å². The Morgan fingerprint density at radius 2 is 2.05 bits per heavy atom. The average Bonchev–Trinajstić information content (AvgIpc) is 2.97. The zero-order valence-electron chi connectivity index (χ0n) is 11.3. The normalized spacial score (nSPS) is 38.9. The number of carboxylic acids is 1. The molecule has 2 aliphatic heterocycles. The van der Waals surface area contributed by atoms with Gasteiger partial charge in [0.2, 0.25) is 0 Å². The summed E-state index contributed by atoms with van der Waals surface area (Å²) in [5.41, 5.74) is -0.000484. The van der Waals surface area contributed by atoms with Gasteiger partial charge in [-0.3, -0.25) is 9.69 Å². The van der Waals surface area contributed by atoms with Crippen molar-refractivity contribution >= 4 is 5.97 Å². The minimum absolute atomic E-state index is 0.000484. The maximum absolute atomic E-state index is 11.3. The lowest BCUT2D eigenvalue weighted by Gasteiger charge is -2.43. The molecule has 2 heterocycles. The van der Waals surface area contributed by atoms with E-state index >= 15 is 0 Å². The lowest BCUT2D eigenvalue weighted by atomic mass is 9.88. The summed E-state index contributed by atoms with van der Waals surface area (Å²) in [6, 6.07) is -0.262. The predicted molar refractivity (Wildman–Crippen MR) is 68.9 cm³/mol. The van der Waals surface area contributed by atoms with Crippen molar-refractivity contribution in [2.45, 2.75) is 68.7 Å². The van der Waals surface area contributed by atoms with E-state index in [1.54, 1.807) is 0 Å². The molecule has 19 heavy (non-hydrogen) atoms. The molecule has 5 nitrogen and oxygen atoms in total. The van der Waals surface area contributed by atoms with Crippen molar-refractivity contribution in [1.82, 2.24) is 4.90 Å². The van der Waals surface area contributed by atoms with Gasteiger partial charge in [0, 0.05) is 25.6 Å². The number of rotatable bonds is 2. The number of aliphatic hydroxyl groups is 1. The molecule has 1 spiro atoms. The molecule has 3 atom stereocenters. The number of aliphatic hydroxyl groups excluding tert-OH is 1. The van der Waals surface area contributed by atoms with Crippen molar-refractivity contribution in [1.29, 1.82) is 0 Å². The number of ether oxygens (including phenoxy) is 1. The van der Waals surface area contributed by atoms with Crippen molar-refractivity contribution in [3.63, 3.8) is 0 Å². The van der Waals surface area contributed by atoms with E-state index in [0.717, 1.165) is 32.3 Å². The number of β-amino-alcohol motifs (C(OH)–C–C–N with tert-alkyl or cyclic N) is 1. The molecule has 0 aromatic heterocycles. The number of carboxylic acid groups (broad SMARTS) is 1. The lowest BCUT2D eigenvalue weighted by molar-refractivity contribution is -0.146. The first kappa shape index (κ1) is 13.3. The predicted octanol–water partition coefficient (Wildman–Crippen LogP) is 0.998. The molecule has 0 radical (unpaired) electrons. The molecule has 108 valence electrons. The van der Waals surface area contributed by atoms with Gasteiger partial charge in [-0.2, -0.15) is 0 Å². The molecule has 3 aliphatic rings. The molecule has 0 aromatic carbocycles. The molecule has 3 rings (SSSR count). The van der Waals surface area contributed by atoms with Gasteiger partial charge in [-0.05, 0) is 25.7 Å². The Labute approximate surface area is 113 Å². The highest BCUT2D eigenvalue weighted by atomic mass is 16.5. The third kappa shape index (κ3) is 2.51. The highest BCUT2D eigenvalue weighted by Crippen LogP contribution is 2.42. The smallest absolute Gasteiger partial charge is 0.321 e. The monoisotopic (exact) mass is 269 g/mol. The number of nitrogens with zero attached hydrogens (tertiary/aromatic N) is 1. The Morgan fingerprint density at radius 1 is 1.32 bits per heavy atom. The summed E-state index contributed by atoms with van der Waals surface area (Å²) in [7, 11) is 0. The van der Waals surface area contributed by atoms with Crippen molar-refractivity contribution in [2.24, 2.45) is 0 Å². The van der Waals surface area contributed by atoms with Gasteiger partial charge in [0.25, 0.3) is 0 Å². The second-order valence-corrected chi connectivity index (χ2v) is 6.33. The third-order valence-corrected chi connectivity index (χ3v) is 5.05. The van der Waals surface area contributed by atoms with E-state index in [2.05, 4.69) is 0 Å². The number of likely N-dealkylation sites (tertiary alicyclic amines) is 1. The quantitative estimate of drug-likeness (QED) is 0.782. The summed E-state index contributed by atoms with van der Waals surface area (Å²) in [6.45, 7) is 1.22. The molecule has 2 saturated heterocycles. The van der Waals surface area contributed by atoms with Crippen LogP contribution in [0.3, 0.4) is 0 Å². The van der Waals surface area contributed by atoms with Gasteiger partial charge in [0.1, 0.15) is 6.04 Å². The van der Waals surface area contributed by atoms with Crippen LogP contribution in [0.5, 0.6) is 0 Å². The van der Waals surface area contributed by atoms with Crippen LogP contribution < -0.4 is 0 Å². The topological polar surface area (TPSA) is 70.0 Å². The zero-order chi connectivity index (χ0) is 13.5. The Balaban J connectivity index is 1.72. The van der Waals surface area contributed by atoms with Crippen LogP contribution in [0.1, 0.15) is 44.9 Å². The summed E-state index contributed by atoms with van der Waals surface area (Å²) in [5, 5.41) is 19.1. The average molecular weight is 269 g/mol. The highest BCUT2D eigenvalue weighted by Gasteiger charge is 2.46. The van der Waals surface area contributed by atoms with Crippen LogP contribution in [0.4, 0.5) is 0 Å². The minimum Gasteiger partial charge on any atom is -0.480 e. The first-order valence-corrected chi connectivity index (χ1v) is 7.40. The fourth-order valence-corrected chi connectivity index (χ4v) is 4.14. The molecular weight excluding hydrogens is 246 g/mol. The second-order valence-electron chi connectivity index (χ2n) is 6.33. The SMILES string of the molecule is O=C(O)C1CC(O)CN1C1CCOC2(CCCC2)C1. The van der Waals surface area contributed by atoms with E-state index in [4.69, 9.17) is 4.74 Å². The minimum atomic E-state index is -0.802. The Bertz CT molecular complexity index is 353. The maximum Gasteiger partial charge on any atom is 0.321 e. The summed E-state index contributed by atoms with van der Waals surface area (Å²) < 4.78 is 6.00. The fraction of sp³-hybridized carbons (Fsp3) is 0.929. The maximum atomic E-state index is 11.3. The first-order valence-electron chi connectivity index (χ1n) is 7.40. The van der Waals surface area contributed by atoms with Gasteiger partial charge < -0.3 is 14.9 Å². The molecule has 1 saturated carbocycles. The van der Waals surface area contributed by atoms with Crippen LogP contribution in [-0.4, -0.2) is 58.0 Å². The number of aliphatic carboxylic acids is 1.